The van der Waals surface area contributed by atoms with E-state index in [1.165, 1.54) is 6.07 Å². The fraction of sp³-hybridized carbons (Fsp3) is 0.571. The summed E-state index contributed by atoms with van der Waals surface area (Å²) < 4.78 is 13.2. The van der Waals surface area contributed by atoms with Crippen LogP contribution in [-0.2, 0) is 0 Å². The van der Waals surface area contributed by atoms with Gasteiger partial charge in [0.1, 0.15) is 5.82 Å². The molecule has 17 heavy (non-hydrogen) atoms. The average molecular weight is 236 g/mol. The Morgan fingerprint density at radius 1 is 1.35 bits per heavy atom. The average Bonchev–Trinajstić information content (AvgIpc) is 2.39. The highest BCUT2D eigenvalue weighted by atomic mass is 19.1. The van der Waals surface area contributed by atoms with Crippen molar-refractivity contribution >= 4 is 5.69 Å². The Labute approximate surface area is 103 Å². The van der Waals surface area contributed by atoms with E-state index in [1.54, 1.807) is 12.1 Å². The first kappa shape index (κ1) is 12.4. The van der Waals surface area contributed by atoms with Crippen molar-refractivity contribution in [1.29, 1.82) is 0 Å². The van der Waals surface area contributed by atoms with Crippen LogP contribution in [0, 0.1) is 5.82 Å². The molecule has 94 valence electrons. The molecule has 3 heteroatoms. The first-order valence-corrected chi connectivity index (χ1v) is 6.44. The van der Waals surface area contributed by atoms with Gasteiger partial charge in [-0.1, -0.05) is 19.9 Å². The molecule has 0 spiro atoms. The smallest absolute Gasteiger partial charge is 0.125 e. The number of anilines is 1. The van der Waals surface area contributed by atoms with Crippen LogP contribution in [0.3, 0.4) is 0 Å². The molecule has 2 nitrogen and oxygen atoms in total. The van der Waals surface area contributed by atoms with E-state index in [1.807, 2.05) is 6.07 Å². The van der Waals surface area contributed by atoms with Crippen LogP contribution in [0.5, 0.6) is 0 Å². The third-order valence-electron chi connectivity index (χ3n) is 3.90. The molecule has 0 atom stereocenters. The van der Waals surface area contributed by atoms with Crippen molar-refractivity contribution in [2.75, 3.05) is 24.5 Å². The number of rotatable bonds is 3. The van der Waals surface area contributed by atoms with Crippen LogP contribution in [0.4, 0.5) is 10.1 Å². The van der Waals surface area contributed by atoms with Gasteiger partial charge >= 0.3 is 0 Å². The lowest BCUT2D eigenvalue weighted by Gasteiger charge is -2.44. The molecule has 0 amide bonds. The van der Waals surface area contributed by atoms with E-state index in [0.717, 1.165) is 38.2 Å². The molecule has 0 bridgehead atoms. The number of hydrogen-bond donors (Lipinski definition) is 1. The molecule has 0 radical (unpaired) electrons. The maximum absolute atomic E-state index is 13.2. The molecule has 0 aromatic heterocycles. The summed E-state index contributed by atoms with van der Waals surface area (Å²) in [6.45, 7) is 7.31. The molecule has 0 saturated carbocycles. The van der Waals surface area contributed by atoms with E-state index < -0.39 is 0 Å². The Balaban J connectivity index is 2.17. The van der Waals surface area contributed by atoms with Crippen LogP contribution in [-0.4, -0.2) is 25.2 Å². The minimum absolute atomic E-state index is 0.153. The molecule has 1 saturated heterocycles. The number of halogens is 1. The summed E-state index contributed by atoms with van der Waals surface area (Å²) in [6, 6.07) is 6.90. The highest BCUT2D eigenvalue weighted by Gasteiger charge is 2.31. The predicted molar refractivity (Wildman–Crippen MR) is 69.9 cm³/mol. The fourth-order valence-corrected chi connectivity index (χ4v) is 2.57. The van der Waals surface area contributed by atoms with Gasteiger partial charge in [-0.05, 0) is 31.0 Å². The van der Waals surface area contributed by atoms with E-state index in [9.17, 15) is 4.39 Å². The van der Waals surface area contributed by atoms with Gasteiger partial charge in [0.25, 0.3) is 0 Å². The zero-order valence-corrected chi connectivity index (χ0v) is 10.7. The van der Waals surface area contributed by atoms with Crippen molar-refractivity contribution in [3.63, 3.8) is 0 Å². The van der Waals surface area contributed by atoms with Crippen molar-refractivity contribution in [1.82, 2.24) is 5.32 Å². The molecular formula is C14H21FN2. The van der Waals surface area contributed by atoms with Crippen molar-refractivity contribution in [2.24, 2.45) is 0 Å². The largest absolute Gasteiger partial charge is 0.368 e. The van der Waals surface area contributed by atoms with Gasteiger partial charge in [-0.2, -0.15) is 0 Å². The van der Waals surface area contributed by atoms with Crippen LogP contribution in [0.1, 0.15) is 26.7 Å². The Morgan fingerprint density at radius 3 is 2.76 bits per heavy atom. The normalized spacial score (nSPS) is 19.4. The molecular weight excluding hydrogens is 215 g/mol. The van der Waals surface area contributed by atoms with Crippen molar-refractivity contribution in [2.45, 2.75) is 32.2 Å². The van der Waals surface area contributed by atoms with E-state index in [2.05, 4.69) is 24.1 Å². The molecule has 1 heterocycles. The SMILES string of the molecule is CCC1(CC)CN(c2cccc(F)c2)CCN1. The molecule has 1 aliphatic rings. The lowest BCUT2D eigenvalue weighted by Crippen LogP contribution is -2.60. The minimum atomic E-state index is -0.153. The zero-order valence-electron chi connectivity index (χ0n) is 10.7. The van der Waals surface area contributed by atoms with E-state index in [-0.39, 0.29) is 11.4 Å². The van der Waals surface area contributed by atoms with E-state index >= 15 is 0 Å². The second kappa shape index (κ2) is 5.05. The van der Waals surface area contributed by atoms with Gasteiger partial charge in [0.05, 0.1) is 0 Å². The third-order valence-corrected chi connectivity index (χ3v) is 3.90. The quantitative estimate of drug-likeness (QED) is 0.868. The van der Waals surface area contributed by atoms with Gasteiger partial charge in [-0.25, -0.2) is 4.39 Å². The van der Waals surface area contributed by atoms with E-state index in [0.29, 0.717) is 0 Å². The maximum atomic E-state index is 13.2. The Kier molecular flexibility index (Phi) is 3.67. The van der Waals surface area contributed by atoms with Gasteiger partial charge in [0, 0.05) is 30.9 Å². The summed E-state index contributed by atoms with van der Waals surface area (Å²) in [4.78, 5) is 2.28. The third kappa shape index (κ3) is 2.60. The topological polar surface area (TPSA) is 15.3 Å². The summed E-state index contributed by atoms with van der Waals surface area (Å²) in [7, 11) is 0. The Hall–Kier alpha value is -1.09. The first-order chi connectivity index (χ1) is 8.19. The number of hydrogen-bond acceptors (Lipinski definition) is 2. The fourth-order valence-electron chi connectivity index (χ4n) is 2.57. The molecule has 1 aromatic carbocycles. The summed E-state index contributed by atoms with van der Waals surface area (Å²) in [6.07, 6.45) is 2.21. The second-order valence-electron chi connectivity index (χ2n) is 4.82. The standard InChI is InChI=1S/C14H21FN2/c1-3-14(4-2)11-17(9-8-16-14)13-7-5-6-12(15)10-13/h5-7,10,16H,3-4,8-9,11H2,1-2H3. The summed E-state index contributed by atoms with van der Waals surface area (Å²) >= 11 is 0. The summed E-state index contributed by atoms with van der Waals surface area (Å²) in [5, 5.41) is 3.61. The van der Waals surface area contributed by atoms with Gasteiger partial charge in [-0.15, -0.1) is 0 Å². The molecule has 0 aliphatic carbocycles. The molecule has 1 aromatic rings. The van der Waals surface area contributed by atoms with Crippen LogP contribution >= 0.6 is 0 Å². The van der Waals surface area contributed by atoms with Gasteiger partial charge in [-0.3, -0.25) is 0 Å². The maximum Gasteiger partial charge on any atom is 0.125 e. The highest BCUT2D eigenvalue weighted by Crippen LogP contribution is 2.24. The zero-order chi connectivity index (χ0) is 12.3. The second-order valence-corrected chi connectivity index (χ2v) is 4.82. The van der Waals surface area contributed by atoms with Crippen molar-refractivity contribution < 1.29 is 4.39 Å². The van der Waals surface area contributed by atoms with Crippen molar-refractivity contribution in [3.8, 4) is 0 Å². The number of nitrogens with one attached hydrogen (secondary N) is 1. The number of piperazine rings is 1. The minimum Gasteiger partial charge on any atom is -0.368 e. The highest BCUT2D eigenvalue weighted by molar-refractivity contribution is 5.47. The van der Waals surface area contributed by atoms with E-state index in [4.69, 9.17) is 0 Å². The Bertz CT molecular complexity index is 374. The molecule has 1 fully saturated rings. The van der Waals surface area contributed by atoms with Crippen LogP contribution in [0.25, 0.3) is 0 Å². The summed E-state index contributed by atoms with van der Waals surface area (Å²) in [5.41, 5.74) is 1.18. The number of nitrogens with zero attached hydrogens (tertiary/aromatic N) is 1. The Morgan fingerprint density at radius 2 is 2.12 bits per heavy atom. The van der Waals surface area contributed by atoms with Crippen LogP contribution < -0.4 is 10.2 Å². The van der Waals surface area contributed by atoms with Crippen LogP contribution in [0.2, 0.25) is 0 Å². The lowest BCUT2D eigenvalue weighted by atomic mass is 9.90. The monoisotopic (exact) mass is 236 g/mol. The van der Waals surface area contributed by atoms with Gasteiger partial charge in [0.2, 0.25) is 0 Å². The van der Waals surface area contributed by atoms with Crippen molar-refractivity contribution in [3.05, 3.63) is 30.1 Å². The first-order valence-electron chi connectivity index (χ1n) is 6.44. The van der Waals surface area contributed by atoms with Gasteiger partial charge < -0.3 is 10.2 Å². The molecule has 2 rings (SSSR count). The lowest BCUT2D eigenvalue weighted by molar-refractivity contribution is 0.277. The molecule has 1 aliphatic heterocycles. The molecule has 1 N–H and O–H groups in total. The number of benzene rings is 1. The van der Waals surface area contributed by atoms with Gasteiger partial charge in [0.15, 0.2) is 0 Å². The molecule has 0 unspecified atom stereocenters. The summed E-state index contributed by atoms with van der Waals surface area (Å²) in [5.74, 6) is -0.153. The predicted octanol–water partition coefficient (Wildman–Crippen LogP) is 2.79. The van der Waals surface area contributed by atoms with Crippen LogP contribution in [0.15, 0.2) is 24.3 Å².